The number of rotatable bonds is 6. The molecule has 0 spiro atoms. The minimum atomic E-state index is -0.653. The number of anilines is 1. The molecule has 0 saturated carbocycles. The smallest absolute Gasteiger partial charge is 0.269 e. The zero-order chi connectivity index (χ0) is 20.9. The van der Waals surface area contributed by atoms with Crippen LogP contribution in [0.2, 0.25) is 0 Å². The van der Waals surface area contributed by atoms with Crippen molar-refractivity contribution in [2.24, 2.45) is 16.0 Å². The van der Waals surface area contributed by atoms with Crippen LogP contribution in [0.1, 0.15) is 11.1 Å². The van der Waals surface area contributed by atoms with E-state index in [9.17, 15) is 14.9 Å². The minimum Gasteiger partial charge on any atom is -0.291 e. The molecule has 3 aromatic rings. The van der Waals surface area contributed by atoms with E-state index in [0.29, 0.717) is 17.9 Å². The Morgan fingerprint density at radius 3 is 2.50 bits per heavy atom. The fourth-order valence-corrected chi connectivity index (χ4v) is 3.10. The SMILES string of the molecule is O=C1[C@H](C=NCc2cccnc2)C(c2ccccc2)=NN1c1ccc([N+](=O)[O-])cc1. The molecule has 1 aliphatic rings. The van der Waals surface area contributed by atoms with Gasteiger partial charge in [0.2, 0.25) is 0 Å². The molecular weight excluding hydrogens is 382 g/mol. The van der Waals surface area contributed by atoms with E-state index < -0.39 is 10.8 Å². The van der Waals surface area contributed by atoms with Gasteiger partial charge in [-0.15, -0.1) is 0 Å². The van der Waals surface area contributed by atoms with Crippen LogP contribution in [-0.2, 0) is 11.3 Å². The first-order valence-electron chi connectivity index (χ1n) is 9.24. The number of aromatic nitrogens is 1. The Balaban J connectivity index is 1.64. The molecule has 0 fully saturated rings. The number of carbonyl (C=O) groups is 1. The highest BCUT2D eigenvalue weighted by molar-refractivity contribution is 6.29. The molecule has 0 unspecified atom stereocenters. The molecule has 30 heavy (non-hydrogen) atoms. The Labute approximate surface area is 172 Å². The fraction of sp³-hybridized carbons (Fsp3) is 0.0909. The third-order valence-corrected chi connectivity index (χ3v) is 4.60. The molecule has 4 rings (SSSR count). The van der Waals surface area contributed by atoms with Crippen LogP contribution in [0.5, 0.6) is 0 Å². The first-order valence-corrected chi connectivity index (χ1v) is 9.24. The molecule has 2 aromatic carbocycles. The highest BCUT2D eigenvalue weighted by Crippen LogP contribution is 2.27. The molecule has 0 radical (unpaired) electrons. The van der Waals surface area contributed by atoms with E-state index in [0.717, 1.165) is 11.1 Å². The lowest BCUT2D eigenvalue weighted by Crippen LogP contribution is -2.28. The van der Waals surface area contributed by atoms with Gasteiger partial charge in [0.1, 0.15) is 5.92 Å². The predicted octanol–water partition coefficient (Wildman–Crippen LogP) is 3.63. The van der Waals surface area contributed by atoms with Crippen molar-refractivity contribution < 1.29 is 9.72 Å². The van der Waals surface area contributed by atoms with E-state index in [2.05, 4.69) is 15.1 Å². The number of hydrogen-bond donors (Lipinski definition) is 0. The molecule has 0 saturated heterocycles. The maximum atomic E-state index is 13.1. The van der Waals surface area contributed by atoms with Gasteiger partial charge in [-0.3, -0.25) is 24.9 Å². The van der Waals surface area contributed by atoms with Crippen molar-refractivity contribution in [1.82, 2.24) is 4.98 Å². The number of carbonyl (C=O) groups excluding carboxylic acids is 1. The van der Waals surface area contributed by atoms with Gasteiger partial charge in [0.25, 0.3) is 11.6 Å². The number of aliphatic imine (C=N–C) groups is 1. The second-order valence-corrected chi connectivity index (χ2v) is 6.60. The van der Waals surface area contributed by atoms with Crippen molar-refractivity contribution in [3.05, 3.63) is 100 Å². The van der Waals surface area contributed by atoms with Crippen LogP contribution in [0.3, 0.4) is 0 Å². The predicted molar refractivity (Wildman–Crippen MR) is 113 cm³/mol. The average molecular weight is 399 g/mol. The van der Waals surface area contributed by atoms with E-state index in [4.69, 9.17) is 0 Å². The summed E-state index contributed by atoms with van der Waals surface area (Å²) >= 11 is 0. The maximum absolute atomic E-state index is 13.1. The van der Waals surface area contributed by atoms with E-state index >= 15 is 0 Å². The Kier molecular flexibility index (Phi) is 5.38. The van der Waals surface area contributed by atoms with Crippen molar-refractivity contribution in [1.29, 1.82) is 0 Å². The summed E-state index contributed by atoms with van der Waals surface area (Å²) in [5.74, 6) is -0.920. The molecular formula is C22H17N5O3. The lowest BCUT2D eigenvalue weighted by molar-refractivity contribution is -0.384. The van der Waals surface area contributed by atoms with Gasteiger partial charge in [0, 0.05) is 30.7 Å². The highest BCUT2D eigenvalue weighted by atomic mass is 16.6. The fourth-order valence-electron chi connectivity index (χ4n) is 3.10. The summed E-state index contributed by atoms with van der Waals surface area (Å²) in [6.07, 6.45) is 5.02. The minimum absolute atomic E-state index is 0.0489. The van der Waals surface area contributed by atoms with Crippen molar-refractivity contribution in [2.75, 3.05) is 5.01 Å². The van der Waals surface area contributed by atoms with Gasteiger partial charge in [0.15, 0.2) is 0 Å². The van der Waals surface area contributed by atoms with Crippen molar-refractivity contribution in [3.63, 3.8) is 0 Å². The average Bonchev–Trinajstić information content (AvgIpc) is 3.11. The molecule has 1 aromatic heterocycles. The third-order valence-electron chi connectivity index (χ3n) is 4.60. The number of pyridine rings is 1. The first-order chi connectivity index (χ1) is 14.6. The van der Waals surface area contributed by atoms with Gasteiger partial charge in [0.05, 0.1) is 22.9 Å². The van der Waals surface area contributed by atoms with Gasteiger partial charge in [-0.2, -0.15) is 10.1 Å². The normalized spacial score (nSPS) is 16.1. The van der Waals surface area contributed by atoms with Crippen LogP contribution in [0.4, 0.5) is 11.4 Å². The zero-order valence-electron chi connectivity index (χ0n) is 15.8. The van der Waals surface area contributed by atoms with Crippen molar-refractivity contribution in [3.8, 4) is 0 Å². The molecule has 8 nitrogen and oxygen atoms in total. The van der Waals surface area contributed by atoms with E-state index in [-0.39, 0.29) is 11.6 Å². The number of benzene rings is 2. The number of hydrogen-bond acceptors (Lipinski definition) is 6. The Morgan fingerprint density at radius 1 is 1.07 bits per heavy atom. The molecule has 1 amide bonds. The van der Waals surface area contributed by atoms with Gasteiger partial charge < -0.3 is 0 Å². The number of nitro groups is 1. The largest absolute Gasteiger partial charge is 0.291 e. The number of non-ortho nitro benzene ring substituents is 1. The highest BCUT2D eigenvalue weighted by Gasteiger charge is 2.36. The summed E-state index contributed by atoms with van der Waals surface area (Å²) in [6, 6.07) is 18.9. The van der Waals surface area contributed by atoms with Gasteiger partial charge in [-0.05, 0) is 29.3 Å². The summed E-state index contributed by atoms with van der Waals surface area (Å²) in [5.41, 5.74) is 2.74. The number of nitrogens with zero attached hydrogens (tertiary/aromatic N) is 5. The standard InChI is InChI=1S/C22H17N5O3/c28-22-20(15-24-14-16-5-4-12-23-13-16)21(17-6-2-1-3-7-17)25-26(22)18-8-10-19(11-9-18)27(29)30/h1-13,15,20H,14H2/t20-/m1/s1. The molecule has 0 aliphatic carbocycles. The van der Waals surface area contributed by atoms with Crippen LogP contribution in [0, 0.1) is 16.0 Å². The quantitative estimate of drug-likeness (QED) is 0.359. The van der Waals surface area contributed by atoms with Gasteiger partial charge in [-0.25, -0.2) is 0 Å². The van der Waals surface area contributed by atoms with Crippen LogP contribution in [-0.4, -0.2) is 27.7 Å². The second-order valence-electron chi connectivity index (χ2n) is 6.60. The molecule has 2 heterocycles. The topological polar surface area (TPSA) is 101 Å². The monoisotopic (exact) mass is 399 g/mol. The molecule has 0 bridgehead atoms. The maximum Gasteiger partial charge on any atom is 0.269 e. The number of hydrazone groups is 1. The molecule has 148 valence electrons. The third kappa shape index (κ3) is 3.97. The van der Waals surface area contributed by atoms with Crippen molar-refractivity contribution >= 4 is 29.2 Å². The van der Waals surface area contributed by atoms with Crippen LogP contribution < -0.4 is 5.01 Å². The Morgan fingerprint density at radius 2 is 1.83 bits per heavy atom. The van der Waals surface area contributed by atoms with Gasteiger partial charge in [-0.1, -0.05) is 36.4 Å². The number of amides is 1. The first kappa shape index (κ1) is 19.1. The van der Waals surface area contributed by atoms with E-state index in [1.807, 2.05) is 42.5 Å². The van der Waals surface area contributed by atoms with Crippen molar-refractivity contribution in [2.45, 2.75) is 6.54 Å². The summed E-state index contributed by atoms with van der Waals surface area (Å²) in [6.45, 7) is 0.400. The van der Waals surface area contributed by atoms with Crippen LogP contribution >= 0.6 is 0 Å². The molecule has 1 aliphatic heterocycles. The zero-order valence-corrected chi connectivity index (χ0v) is 15.8. The van der Waals surface area contributed by atoms with Crippen LogP contribution in [0.25, 0.3) is 0 Å². The van der Waals surface area contributed by atoms with Gasteiger partial charge >= 0.3 is 0 Å². The van der Waals surface area contributed by atoms with Crippen LogP contribution in [0.15, 0.2) is 89.2 Å². The summed E-state index contributed by atoms with van der Waals surface area (Å²) in [4.78, 5) is 32.0. The second kappa shape index (κ2) is 8.44. The summed E-state index contributed by atoms with van der Waals surface area (Å²) in [7, 11) is 0. The Bertz CT molecular complexity index is 1110. The molecule has 8 heteroatoms. The molecule has 1 atom stereocenters. The number of nitro benzene ring substituents is 1. The lowest BCUT2D eigenvalue weighted by Gasteiger charge is -2.12. The Hall–Kier alpha value is -4.20. The molecule has 0 N–H and O–H groups in total. The van der Waals surface area contributed by atoms with E-state index in [1.54, 1.807) is 18.6 Å². The summed E-state index contributed by atoms with van der Waals surface area (Å²) in [5, 5.41) is 16.7. The lowest BCUT2D eigenvalue weighted by atomic mass is 9.98. The summed E-state index contributed by atoms with van der Waals surface area (Å²) < 4.78 is 0. The van der Waals surface area contributed by atoms with E-state index in [1.165, 1.54) is 29.3 Å².